The van der Waals surface area contributed by atoms with E-state index in [0.717, 1.165) is 21.3 Å². The third-order valence-corrected chi connectivity index (χ3v) is 8.82. The molecule has 4 aromatic rings. The third-order valence-electron chi connectivity index (χ3n) is 6.06. The highest BCUT2D eigenvalue weighted by Gasteiger charge is 2.16. The van der Waals surface area contributed by atoms with Gasteiger partial charge in [0.15, 0.2) is 0 Å². The summed E-state index contributed by atoms with van der Waals surface area (Å²) >= 11 is 24.1. The number of carboxylic acid groups (broad SMARTS) is 1. The van der Waals surface area contributed by atoms with Gasteiger partial charge in [-0.15, -0.1) is 0 Å². The van der Waals surface area contributed by atoms with E-state index in [1.54, 1.807) is 57.6 Å². The molecular weight excluding hydrogens is 791 g/mol. The molecule has 0 saturated heterocycles. The van der Waals surface area contributed by atoms with Crippen molar-refractivity contribution >= 4 is 84.4 Å². The lowest BCUT2D eigenvalue weighted by Gasteiger charge is -2.15. The first-order chi connectivity index (χ1) is 21.7. The summed E-state index contributed by atoms with van der Waals surface area (Å²) in [6.07, 6.45) is 0. The summed E-state index contributed by atoms with van der Waals surface area (Å²) in [5.41, 5.74) is 2.81. The fourth-order valence-electron chi connectivity index (χ4n) is 3.52. The zero-order valence-electron chi connectivity index (χ0n) is 25.2. The molecule has 0 spiro atoms. The zero-order valence-corrected chi connectivity index (χ0v) is 30.6. The van der Waals surface area contributed by atoms with Crippen LogP contribution in [-0.4, -0.2) is 68.4 Å². The average molecular weight is 820 g/mol. The van der Waals surface area contributed by atoms with E-state index in [1.165, 1.54) is 32.4 Å². The molecule has 0 aromatic heterocycles. The number of rotatable bonds is 7. The van der Waals surface area contributed by atoms with Gasteiger partial charge in [0.05, 0.1) is 36.9 Å². The van der Waals surface area contributed by atoms with Gasteiger partial charge in [0.2, 0.25) is 0 Å². The molecule has 0 aliphatic rings. The van der Waals surface area contributed by atoms with E-state index >= 15 is 0 Å². The minimum Gasteiger partial charge on any atom is -0.496 e. The summed E-state index contributed by atoms with van der Waals surface area (Å²) in [7, 11) is 7.57. The monoisotopic (exact) mass is 816 g/mol. The number of hydrogen-bond acceptors (Lipinski definition) is 6. The number of amides is 2. The highest BCUT2D eigenvalue weighted by molar-refractivity contribution is 9.10. The molecule has 0 unspecified atom stereocenters. The Morgan fingerprint density at radius 2 is 1.07 bits per heavy atom. The Bertz CT molecular complexity index is 1690. The normalized spacial score (nSPS) is 10.0. The van der Waals surface area contributed by atoms with Crippen LogP contribution in [-0.2, 0) is 9.68 Å². The van der Waals surface area contributed by atoms with Crippen LogP contribution in [0.2, 0.25) is 15.1 Å². The van der Waals surface area contributed by atoms with E-state index in [2.05, 4.69) is 31.9 Å². The van der Waals surface area contributed by atoms with E-state index in [1.807, 2.05) is 24.3 Å². The number of carbonyl (C=O) groups is 3. The lowest BCUT2D eigenvalue weighted by atomic mass is 10.0. The summed E-state index contributed by atoms with van der Waals surface area (Å²) in [5.74, 6) is -0.721. The van der Waals surface area contributed by atoms with Crippen molar-refractivity contribution in [2.45, 2.75) is 0 Å². The van der Waals surface area contributed by atoms with Gasteiger partial charge in [0, 0.05) is 50.3 Å². The Morgan fingerprint density at radius 3 is 1.52 bits per heavy atom. The van der Waals surface area contributed by atoms with Crippen molar-refractivity contribution < 1.29 is 33.9 Å². The zero-order chi connectivity index (χ0) is 34.6. The topological polar surface area (TPSA) is 106 Å². The minimum absolute atomic E-state index is 0.218. The molecule has 2 amide bonds. The van der Waals surface area contributed by atoms with Crippen molar-refractivity contribution in [1.82, 2.24) is 10.1 Å². The Hall–Kier alpha value is -3.16. The predicted molar refractivity (Wildman–Crippen MR) is 187 cm³/mol. The van der Waals surface area contributed by atoms with Gasteiger partial charge in [-0.25, -0.2) is 14.9 Å². The van der Waals surface area contributed by atoms with E-state index in [0.29, 0.717) is 40.9 Å². The molecule has 4 rings (SSSR count). The van der Waals surface area contributed by atoms with Crippen molar-refractivity contribution in [2.75, 3.05) is 35.4 Å². The van der Waals surface area contributed by atoms with Gasteiger partial charge in [0.1, 0.15) is 5.75 Å². The maximum absolute atomic E-state index is 12.2. The molecule has 0 atom stereocenters. The summed E-state index contributed by atoms with van der Waals surface area (Å²) in [4.78, 5) is 43.8. The Morgan fingerprint density at radius 1 is 0.630 bits per heavy atom. The van der Waals surface area contributed by atoms with Gasteiger partial charge in [0.25, 0.3) is 11.8 Å². The van der Waals surface area contributed by atoms with E-state index in [9.17, 15) is 14.4 Å². The first kappa shape index (κ1) is 39.0. The summed E-state index contributed by atoms with van der Waals surface area (Å²) in [6.45, 7) is 0. The fraction of sp³-hybridized carbons (Fsp3) is 0.156. The number of carboxylic acids is 1. The summed E-state index contributed by atoms with van der Waals surface area (Å²) in [5, 5.41) is 12.5. The molecule has 1 N–H and O–H groups in total. The molecule has 0 bridgehead atoms. The van der Waals surface area contributed by atoms with Crippen LogP contribution in [0.4, 0.5) is 0 Å². The van der Waals surface area contributed by atoms with Gasteiger partial charge in [-0.2, -0.15) is 0 Å². The minimum atomic E-state index is -0.956. The fourth-order valence-corrected chi connectivity index (χ4v) is 4.73. The van der Waals surface area contributed by atoms with Crippen LogP contribution in [0.1, 0.15) is 31.1 Å². The molecule has 0 heterocycles. The first-order valence-corrected chi connectivity index (χ1v) is 15.7. The van der Waals surface area contributed by atoms with Crippen molar-refractivity contribution in [2.24, 2.45) is 0 Å². The highest BCUT2D eigenvalue weighted by atomic mass is 79.9. The Kier molecular flexibility index (Phi) is 16.0. The number of ether oxygens (including phenoxy) is 1. The number of benzene rings is 4. The maximum atomic E-state index is 12.2. The molecule has 14 heteroatoms. The van der Waals surface area contributed by atoms with Crippen LogP contribution in [0.15, 0.2) is 87.8 Å². The van der Waals surface area contributed by atoms with Crippen molar-refractivity contribution in [3.8, 4) is 16.9 Å². The molecule has 244 valence electrons. The molecule has 4 aromatic carbocycles. The van der Waals surface area contributed by atoms with Crippen LogP contribution in [0.3, 0.4) is 0 Å². The molecule has 0 fully saturated rings. The van der Waals surface area contributed by atoms with Gasteiger partial charge >= 0.3 is 5.97 Å². The van der Waals surface area contributed by atoms with Crippen molar-refractivity contribution in [3.05, 3.63) is 120 Å². The number of hydrogen-bond donors (Lipinski definition) is 1. The predicted octanol–water partition coefficient (Wildman–Crippen LogP) is 9.19. The van der Waals surface area contributed by atoms with Crippen LogP contribution >= 0.6 is 66.7 Å². The largest absolute Gasteiger partial charge is 0.496 e. The maximum Gasteiger partial charge on any atom is 0.335 e. The van der Waals surface area contributed by atoms with Crippen LogP contribution in [0, 0.1) is 0 Å². The number of hydroxylamine groups is 4. The number of aromatic carboxylic acids is 1. The first-order valence-electron chi connectivity index (χ1n) is 13.0. The quantitative estimate of drug-likeness (QED) is 0.186. The second kappa shape index (κ2) is 18.9. The lowest BCUT2D eigenvalue weighted by Crippen LogP contribution is -2.25. The molecule has 0 aliphatic heterocycles. The average Bonchev–Trinajstić information content (AvgIpc) is 3.06. The summed E-state index contributed by atoms with van der Waals surface area (Å²) < 4.78 is 6.63. The molecule has 0 saturated carbocycles. The van der Waals surface area contributed by atoms with E-state index < -0.39 is 5.97 Å². The lowest BCUT2D eigenvalue weighted by molar-refractivity contribution is -0.0757. The smallest absolute Gasteiger partial charge is 0.335 e. The van der Waals surface area contributed by atoms with Crippen LogP contribution < -0.4 is 4.74 Å². The molecule has 0 aliphatic carbocycles. The number of methoxy groups -OCH3 is 1. The van der Waals surface area contributed by atoms with Crippen LogP contribution in [0.25, 0.3) is 11.1 Å². The third kappa shape index (κ3) is 11.0. The number of halogens is 5. The van der Waals surface area contributed by atoms with Gasteiger partial charge in [-0.3, -0.25) is 19.3 Å². The van der Waals surface area contributed by atoms with Crippen molar-refractivity contribution in [3.63, 3.8) is 0 Å². The van der Waals surface area contributed by atoms with Gasteiger partial charge in [-0.05, 0) is 92.5 Å². The van der Waals surface area contributed by atoms with E-state index in [-0.39, 0.29) is 17.4 Å². The molecule has 46 heavy (non-hydrogen) atoms. The molecular formula is C32H29Br2Cl3N2O7. The van der Waals surface area contributed by atoms with Gasteiger partial charge in [-0.1, -0.05) is 53.0 Å². The number of carbonyl (C=O) groups excluding carboxylic acids is 2. The number of para-hydroxylation sites is 1. The Balaban J connectivity index is 0.000000256. The SMILES string of the molecule is CON(C)C(=O)c1ccc(Cl)c(Br)c1.COc1ccccc1-c1cc(C(=O)N(C)OC)ccc1Cl.O=C(O)c1ccc(Cl)c(Br)c1. The number of nitrogens with zero attached hydrogens (tertiary/aromatic N) is 2. The molecule has 0 radical (unpaired) electrons. The van der Waals surface area contributed by atoms with Crippen LogP contribution in [0.5, 0.6) is 5.75 Å². The van der Waals surface area contributed by atoms with E-state index in [4.69, 9.17) is 54.3 Å². The second-order valence-electron chi connectivity index (χ2n) is 8.93. The van der Waals surface area contributed by atoms with Gasteiger partial charge < -0.3 is 9.84 Å². The molecule has 9 nitrogen and oxygen atoms in total. The highest BCUT2D eigenvalue weighted by Crippen LogP contribution is 2.35. The second-order valence-corrected chi connectivity index (χ2v) is 11.9. The summed E-state index contributed by atoms with van der Waals surface area (Å²) in [6, 6.07) is 22.0. The van der Waals surface area contributed by atoms with Crippen molar-refractivity contribution in [1.29, 1.82) is 0 Å². The Labute approximate surface area is 298 Å². The standard InChI is InChI=1S/C16H16ClNO3.C9H9BrClNO2.C7H4BrClO2/c1-18(21-3)16(19)11-8-9-14(17)13(10-11)12-6-4-5-7-15(12)20-2;1-12(14-2)9(13)6-3-4-8(11)7(10)5-6;8-5-3-4(7(10)11)1-2-6(5)9/h4-10H,1-3H3;3-5H,1-2H3;1-3H,(H,10,11).